The van der Waals surface area contributed by atoms with Crippen LogP contribution < -0.4 is 19.5 Å². The average molecular weight is 633 g/mol. The molecule has 1 aliphatic rings. The maximum Gasteiger partial charge on any atom is 0.247 e. The highest BCUT2D eigenvalue weighted by molar-refractivity contribution is 5.88. The first-order valence-corrected chi connectivity index (χ1v) is 15.0. The highest BCUT2D eigenvalue weighted by atomic mass is 19.1. The van der Waals surface area contributed by atoms with Crippen LogP contribution in [0.5, 0.6) is 17.2 Å². The molecule has 1 saturated heterocycles. The fourth-order valence-electron chi connectivity index (χ4n) is 5.30. The molecule has 0 saturated carbocycles. The summed E-state index contributed by atoms with van der Waals surface area (Å²) in [5, 5.41) is 15.6. The second-order valence-corrected chi connectivity index (χ2v) is 10.7. The lowest BCUT2D eigenvalue weighted by molar-refractivity contribution is -0.141. The molecule has 2 atom stereocenters. The highest BCUT2D eigenvalue weighted by Gasteiger charge is 2.32. The molecule has 46 heavy (non-hydrogen) atoms. The summed E-state index contributed by atoms with van der Waals surface area (Å²) < 4.78 is 35.7. The Hall–Kier alpha value is -5.04. The number of amides is 2. The zero-order chi connectivity index (χ0) is 32.5. The number of methoxy groups -OCH3 is 3. The lowest BCUT2D eigenvalue weighted by Gasteiger charge is -2.32. The van der Waals surface area contributed by atoms with Gasteiger partial charge in [0.05, 0.1) is 27.4 Å². The van der Waals surface area contributed by atoms with Crippen molar-refractivity contribution in [3.8, 4) is 28.6 Å². The Balaban J connectivity index is 1.43. The molecular weight excluding hydrogens is 595 g/mol. The normalized spacial score (nSPS) is 14.8. The average Bonchev–Trinajstić information content (AvgIpc) is 3.79. The van der Waals surface area contributed by atoms with Gasteiger partial charge in [-0.05, 0) is 84.1 Å². The Labute approximate surface area is 266 Å². The van der Waals surface area contributed by atoms with Gasteiger partial charge in [0.2, 0.25) is 17.6 Å². The van der Waals surface area contributed by atoms with Crippen molar-refractivity contribution in [2.24, 2.45) is 0 Å². The SMILES string of the molecule is COc1ccc(-c2nnn(CC(=O)N(CCc3ccc(OC)c(OC)c3)C(C(=O)NCC3CCCO3)c3ccc(F)cc3)n2)cc1. The number of carbonyl (C=O) groups excluding carboxylic acids is 2. The molecule has 13 heteroatoms. The Bertz CT molecular complexity index is 1610. The van der Waals surface area contributed by atoms with Crippen molar-refractivity contribution in [3.63, 3.8) is 0 Å². The van der Waals surface area contributed by atoms with Crippen LogP contribution >= 0.6 is 0 Å². The molecule has 1 N–H and O–H groups in total. The van der Waals surface area contributed by atoms with E-state index < -0.39 is 23.7 Å². The Morgan fingerprint density at radius 2 is 1.78 bits per heavy atom. The standard InChI is InChI=1S/C33H37FN6O6/c1-43-26-13-9-24(10-14-26)32-36-38-40(37-32)21-30(41)39(17-16-22-6-15-28(44-2)29(19-22)45-3)31(23-7-11-25(34)12-8-23)33(42)35-20-27-5-4-18-46-27/h6-15,19,27,31H,4-5,16-18,20-21H2,1-3H3,(H,35,42). The van der Waals surface area contributed by atoms with Crippen LogP contribution in [-0.2, 0) is 27.3 Å². The Morgan fingerprint density at radius 1 is 1.02 bits per heavy atom. The predicted octanol–water partition coefficient (Wildman–Crippen LogP) is 3.61. The summed E-state index contributed by atoms with van der Waals surface area (Å²) in [7, 11) is 4.68. The summed E-state index contributed by atoms with van der Waals surface area (Å²) in [5.41, 5.74) is 2.01. The molecule has 12 nitrogen and oxygen atoms in total. The molecule has 0 aliphatic carbocycles. The minimum absolute atomic E-state index is 0.107. The molecular formula is C33H37FN6O6. The molecule has 3 aromatic carbocycles. The zero-order valence-corrected chi connectivity index (χ0v) is 26.0. The van der Waals surface area contributed by atoms with Crippen molar-refractivity contribution in [2.75, 3.05) is 41.0 Å². The van der Waals surface area contributed by atoms with Crippen LogP contribution in [0.15, 0.2) is 66.7 Å². The van der Waals surface area contributed by atoms with E-state index in [0.717, 1.165) is 18.4 Å². The van der Waals surface area contributed by atoms with Crippen molar-refractivity contribution in [1.82, 2.24) is 30.4 Å². The fourth-order valence-corrected chi connectivity index (χ4v) is 5.30. The topological polar surface area (TPSA) is 130 Å². The monoisotopic (exact) mass is 632 g/mol. The number of benzene rings is 3. The van der Waals surface area contributed by atoms with Crippen molar-refractivity contribution in [3.05, 3.63) is 83.7 Å². The number of aromatic nitrogens is 4. The molecule has 1 fully saturated rings. The quantitative estimate of drug-likeness (QED) is 0.222. The number of ether oxygens (including phenoxy) is 4. The molecule has 4 aromatic rings. The Morgan fingerprint density at radius 3 is 2.46 bits per heavy atom. The number of nitrogens with one attached hydrogen (secondary N) is 1. The van der Waals surface area contributed by atoms with E-state index in [1.165, 1.54) is 34.0 Å². The first-order valence-electron chi connectivity index (χ1n) is 15.0. The number of hydrogen-bond acceptors (Lipinski definition) is 9. The summed E-state index contributed by atoms with van der Waals surface area (Å²) in [6, 6.07) is 17.1. The van der Waals surface area contributed by atoms with E-state index in [9.17, 15) is 14.0 Å². The smallest absolute Gasteiger partial charge is 0.247 e. The zero-order valence-electron chi connectivity index (χ0n) is 26.0. The molecule has 5 rings (SSSR count). The summed E-state index contributed by atoms with van der Waals surface area (Å²) in [4.78, 5) is 30.6. The number of rotatable bonds is 14. The molecule has 1 aliphatic heterocycles. The summed E-state index contributed by atoms with van der Waals surface area (Å²) >= 11 is 0. The van der Waals surface area contributed by atoms with Crippen molar-refractivity contribution in [2.45, 2.75) is 38.0 Å². The third-order valence-corrected chi connectivity index (χ3v) is 7.76. The molecule has 1 aromatic heterocycles. The van der Waals surface area contributed by atoms with Crippen molar-refractivity contribution < 1.29 is 32.9 Å². The van der Waals surface area contributed by atoms with Crippen molar-refractivity contribution in [1.29, 1.82) is 0 Å². The highest BCUT2D eigenvalue weighted by Crippen LogP contribution is 2.29. The largest absolute Gasteiger partial charge is 0.497 e. The van der Waals surface area contributed by atoms with Gasteiger partial charge in [0.25, 0.3) is 0 Å². The summed E-state index contributed by atoms with van der Waals surface area (Å²) in [6.45, 7) is 0.793. The van der Waals surface area contributed by atoms with Crippen molar-refractivity contribution >= 4 is 11.8 Å². The summed E-state index contributed by atoms with van der Waals surface area (Å²) in [5.74, 6) is 0.831. The molecule has 2 heterocycles. The number of halogens is 1. The van der Waals surface area contributed by atoms with E-state index in [4.69, 9.17) is 18.9 Å². The van der Waals surface area contributed by atoms with Gasteiger partial charge < -0.3 is 29.2 Å². The third-order valence-electron chi connectivity index (χ3n) is 7.76. The predicted molar refractivity (Wildman–Crippen MR) is 166 cm³/mol. The lowest BCUT2D eigenvalue weighted by Crippen LogP contribution is -2.47. The van der Waals surface area contributed by atoms with Gasteiger partial charge in [-0.15, -0.1) is 10.2 Å². The number of nitrogens with zero attached hydrogens (tertiary/aromatic N) is 5. The van der Waals surface area contributed by atoms with Crippen LogP contribution in [0.3, 0.4) is 0 Å². The van der Waals surface area contributed by atoms with E-state index in [1.807, 2.05) is 12.1 Å². The van der Waals surface area contributed by atoms with Crippen LogP contribution in [0, 0.1) is 5.82 Å². The van der Waals surface area contributed by atoms with Gasteiger partial charge in [0, 0.05) is 25.3 Å². The minimum Gasteiger partial charge on any atom is -0.497 e. The molecule has 2 unspecified atom stereocenters. The maximum atomic E-state index is 14.1. The van der Waals surface area contributed by atoms with E-state index in [0.29, 0.717) is 53.8 Å². The van der Waals surface area contributed by atoms with Crippen LogP contribution in [0.1, 0.15) is 30.0 Å². The molecule has 242 valence electrons. The van der Waals surface area contributed by atoms with Gasteiger partial charge in [-0.3, -0.25) is 9.59 Å². The van der Waals surface area contributed by atoms with Crippen LogP contribution in [0.4, 0.5) is 4.39 Å². The first-order chi connectivity index (χ1) is 22.4. The minimum atomic E-state index is -1.07. The number of hydrogen-bond donors (Lipinski definition) is 1. The molecule has 0 radical (unpaired) electrons. The third kappa shape index (κ3) is 7.96. The second kappa shape index (κ2) is 15.3. The van der Waals surface area contributed by atoms with Gasteiger partial charge in [-0.1, -0.05) is 18.2 Å². The van der Waals surface area contributed by atoms with E-state index >= 15 is 0 Å². The van der Waals surface area contributed by atoms with Crippen LogP contribution in [-0.4, -0.2) is 84.1 Å². The van der Waals surface area contributed by atoms with E-state index in [-0.39, 0.29) is 19.2 Å². The van der Waals surface area contributed by atoms with Gasteiger partial charge in [0.1, 0.15) is 24.2 Å². The maximum absolute atomic E-state index is 14.1. The second-order valence-electron chi connectivity index (χ2n) is 10.7. The molecule has 2 amide bonds. The molecule has 0 spiro atoms. The first kappa shape index (κ1) is 32.4. The molecule has 0 bridgehead atoms. The lowest BCUT2D eigenvalue weighted by atomic mass is 10.0. The van der Waals surface area contributed by atoms with Gasteiger partial charge >= 0.3 is 0 Å². The van der Waals surface area contributed by atoms with Gasteiger partial charge in [0.15, 0.2) is 11.5 Å². The van der Waals surface area contributed by atoms with Gasteiger partial charge in [-0.25, -0.2) is 4.39 Å². The number of tetrazole rings is 1. The number of carbonyl (C=O) groups is 2. The van der Waals surface area contributed by atoms with Crippen LogP contribution in [0.2, 0.25) is 0 Å². The van der Waals surface area contributed by atoms with E-state index in [2.05, 4.69) is 20.7 Å². The fraction of sp³-hybridized carbons (Fsp3) is 0.364. The van der Waals surface area contributed by atoms with E-state index in [1.54, 1.807) is 51.7 Å². The Kier molecular flexibility index (Phi) is 10.8. The van der Waals surface area contributed by atoms with Crippen LogP contribution in [0.25, 0.3) is 11.4 Å². The van der Waals surface area contributed by atoms with Gasteiger partial charge in [-0.2, -0.15) is 4.80 Å². The summed E-state index contributed by atoms with van der Waals surface area (Å²) in [6.07, 6.45) is 2.02.